The molecular weight excluding hydrogens is 392 g/mol. The van der Waals surface area contributed by atoms with E-state index in [1.54, 1.807) is 11.8 Å². The van der Waals surface area contributed by atoms with Crippen LogP contribution in [0, 0.1) is 23.0 Å². The minimum absolute atomic E-state index is 0. The summed E-state index contributed by atoms with van der Waals surface area (Å²) in [6, 6.07) is 1.28. The first-order valence-corrected chi connectivity index (χ1v) is 9.82. The molecule has 8 nitrogen and oxygen atoms in total. The molecule has 2 aliphatic rings. The number of carbonyl (C=O) groups is 2. The molecule has 0 saturated carbocycles. The maximum absolute atomic E-state index is 12.7. The van der Waals surface area contributed by atoms with Crippen LogP contribution in [0.25, 0.3) is 0 Å². The molecule has 2 amide bonds. The third-order valence-electron chi connectivity index (χ3n) is 5.05. The minimum atomic E-state index is -0.450. The van der Waals surface area contributed by atoms with Crippen molar-refractivity contribution in [3.05, 3.63) is 25.9 Å². The molecule has 27 heavy (non-hydrogen) atoms. The quantitative estimate of drug-likeness (QED) is 0.565. The van der Waals surface area contributed by atoms with Gasteiger partial charge in [-0.25, -0.2) is 0 Å². The average Bonchev–Trinajstić information content (AvgIpc) is 3.29. The second-order valence-corrected chi connectivity index (χ2v) is 8.22. The van der Waals surface area contributed by atoms with Gasteiger partial charge in [0.1, 0.15) is 0 Å². The van der Waals surface area contributed by atoms with E-state index in [-0.39, 0.29) is 41.9 Å². The normalized spacial score (nSPS) is 22.2. The Morgan fingerprint density at radius 1 is 1.41 bits per heavy atom. The highest BCUT2D eigenvalue weighted by Crippen LogP contribution is 2.30. The number of piperidine rings is 1. The van der Waals surface area contributed by atoms with Crippen LogP contribution in [-0.4, -0.2) is 53.9 Å². The summed E-state index contributed by atoms with van der Waals surface area (Å²) < 4.78 is 0. The lowest BCUT2D eigenvalue weighted by Crippen LogP contribution is -2.46. The lowest BCUT2D eigenvalue weighted by Gasteiger charge is -2.32. The number of nitro groups is 1. The van der Waals surface area contributed by atoms with Crippen LogP contribution in [0.15, 0.2) is 6.07 Å². The second-order valence-electron chi connectivity index (χ2n) is 6.96. The molecular formula is C17H25ClN4O4S. The van der Waals surface area contributed by atoms with Crippen LogP contribution in [0.3, 0.4) is 0 Å². The Labute approximate surface area is 168 Å². The molecule has 3 rings (SSSR count). The van der Waals surface area contributed by atoms with Crippen molar-refractivity contribution in [2.45, 2.75) is 38.6 Å². The third kappa shape index (κ3) is 5.18. The summed E-state index contributed by atoms with van der Waals surface area (Å²) in [6.45, 7) is 4.33. The molecule has 0 spiro atoms. The number of rotatable bonds is 5. The Morgan fingerprint density at radius 2 is 2.19 bits per heavy atom. The Morgan fingerprint density at radius 3 is 2.81 bits per heavy atom. The second kappa shape index (κ2) is 9.48. The number of nitrogens with zero attached hydrogens (tertiary/aromatic N) is 2. The number of hydrogen-bond donors (Lipinski definition) is 2. The number of hydrogen-bond acceptors (Lipinski definition) is 6. The molecule has 1 aromatic rings. The van der Waals surface area contributed by atoms with Gasteiger partial charge in [0, 0.05) is 25.7 Å². The van der Waals surface area contributed by atoms with Gasteiger partial charge in [0.15, 0.2) is 0 Å². The van der Waals surface area contributed by atoms with Gasteiger partial charge in [-0.05, 0) is 45.1 Å². The molecule has 0 aromatic carbocycles. The summed E-state index contributed by atoms with van der Waals surface area (Å²) in [5.41, 5.74) is 0.00300. The van der Waals surface area contributed by atoms with Gasteiger partial charge in [0.25, 0.3) is 11.6 Å². The van der Waals surface area contributed by atoms with Crippen molar-refractivity contribution in [3.8, 4) is 0 Å². The zero-order chi connectivity index (χ0) is 18.7. The van der Waals surface area contributed by atoms with Crippen LogP contribution in [0.4, 0.5) is 5.69 Å². The Balaban J connectivity index is 0.00000261. The van der Waals surface area contributed by atoms with E-state index in [9.17, 15) is 19.7 Å². The summed E-state index contributed by atoms with van der Waals surface area (Å²) in [4.78, 5) is 38.1. The fourth-order valence-electron chi connectivity index (χ4n) is 3.61. The molecule has 10 heteroatoms. The molecule has 0 aliphatic carbocycles. The number of halogens is 1. The van der Waals surface area contributed by atoms with E-state index in [1.165, 1.54) is 17.4 Å². The van der Waals surface area contributed by atoms with Crippen LogP contribution >= 0.6 is 23.7 Å². The summed E-state index contributed by atoms with van der Waals surface area (Å²) in [7, 11) is 0. The van der Waals surface area contributed by atoms with Gasteiger partial charge in [-0.2, -0.15) is 0 Å². The molecule has 2 aliphatic heterocycles. The molecule has 3 heterocycles. The smallest absolute Gasteiger partial charge is 0.283 e. The molecule has 150 valence electrons. The zero-order valence-electron chi connectivity index (χ0n) is 15.2. The standard InChI is InChI=1S/C17H24N4O4S.ClH/c1-11-14(21(24)25)8-15(26-11)17(23)20-7-3-4-12(10-20)9-19-16(22)13-5-2-6-18-13;/h8,12-13,18H,2-7,9-10H2,1H3,(H,19,22);1H. The van der Waals surface area contributed by atoms with Crippen molar-refractivity contribution in [1.29, 1.82) is 0 Å². The van der Waals surface area contributed by atoms with E-state index >= 15 is 0 Å². The Kier molecular flexibility index (Phi) is 7.58. The number of carbonyl (C=O) groups excluding carboxylic acids is 2. The van der Waals surface area contributed by atoms with E-state index in [0.29, 0.717) is 29.4 Å². The molecule has 2 atom stereocenters. The van der Waals surface area contributed by atoms with Crippen molar-refractivity contribution >= 4 is 41.2 Å². The fourth-order valence-corrected chi connectivity index (χ4v) is 4.56. The van der Waals surface area contributed by atoms with E-state index in [0.717, 1.165) is 32.2 Å². The summed E-state index contributed by atoms with van der Waals surface area (Å²) >= 11 is 1.17. The third-order valence-corrected chi connectivity index (χ3v) is 6.07. The van der Waals surface area contributed by atoms with Crippen molar-refractivity contribution in [2.75, 3.05) is 26.2 Å². The first-order valence-electron chi connectivity index (χ1n) is 9.01. The van der Waals surface area contributed by atoms with Crippen LogP contribution in [0.1, 0.15) is 40.2 Å². The van der Waals surface area contributed by atoms with E-state index in [1.807, 2.05) is 0 Å². The molecule has 2 N–H and O–H groups in total. The SMILES string of the molecule is Cc1sc(C(=O)N2CCCC(CNC(=O)C3CCCN3)C2)cc1[N+](=O)[O-].Cl. The number of nitrogens with one attached hydrogen (secondary N) is 2. The van der Waals surface area contributed by atoms with Gasteiger partial charge in [0.2, 0.25) is 5.91 Å². The molecule has 2 unspecified atom stereocenters. The van der Waals surface area contributed by atoms with Crippen molar-refractivity contribution in [2.24, 2.45) is 5.92 Å². The maximum atomic E-state index is 12.7. The summed E-state index contributed by atoms with van der Waals surface area (Å²) in [6.07, 6.45) is 3.74. The number of thiophene rings is 1. The van der Waals surface area contributed by atoms with E-state index < -0.39 is 4.92 Å². The van der Waals surface area contributed by atoms with Crippen LogP contribution in [-0.2, 0) is 4.79 Å². The number of amides is 2. The maximum Gasteiger partial charge on any atom is 0.283 e. The number of aryl methyl sites for hydroxylation is 1. The van der Waals surface area contributed by atoms with Gasteiger partial charge < -0.3 is 15.5 Å². The van der Waals surface area contributed by atoms with Crippen molar-refractivity contribution in [3.63, 3.8) is 0 Å². The van der Waals surface area contributed by atoms with Crippen LogP contribution in [0.2, 0.25) is 0 Å². The van der Waals surface area contributed by atoms with E-state index in [4.69, 9.17) is 0 Å². The Bertz CT molecular complexity index is 705. The monoisotopic (exact) mass is 416 g/mol. The summed E-state index contributed by atoms with van der Waals surface area (Å²) in [5.74, 6) is 0.101. The first-order chi connectivity index (χ1) is 12.5. The van der Waals surface area contributed by atoms with Crippen molar-refractivity contribution < 1.29 is 14.5 Å². The molecule has 0 bridgehead atoms. The fraction of sp³-hybridized carbons (Fsp3) is 0.647. The topological polar surface area (TPSA) is 105 Å². The first kappa shape index (κ1) is 21.6. The highest BCUT2D eigenvalue weighted by Gasteiger charge is 2.29. The average molecular weight is 417 g/mol. The predicted molar refractivity (Wildman–Crippen MR) is 106 cm³/mol. The molecule has 1 aromatic heterocycles. The minimum Gasteiger partial charge on any atom is -0.354 e. The van der Waals surface area contributed by atoms with E-state index in [2.05, 4.69) is 10.6 Å². The van der Waals surface area contributed by atoms with Gasteiger partial charge in [-0.1, -0.05) is 0 Å². The zero-order valence-corrected chi connectivity index (χ0v) is 16.9. The Hall–Kier alpha value is -1.71. The molecule has 0 radical (unpaired) electrons. The predicted octanol–water partition coefficient (Wildman–Crippen LogP) is 2.11. The van der Waals surface area contributed by atoms with Crippen LogP contribution < -0.4 is 10.6 Å². The lowest BCUT2D eigenvalue weighted by molar-refractivity contribution is -0.385. The molecule has 2 fully saturated rings. The van der Waals surface area contributed by atoms with Crippen molar-refractivity contribution in [1.82, 2.24) is 15.5 Å². The van der Waals surface area contributed by atoms with Gasteiger partial charge in [-0.15, -0.1) is 23.7 Å². The largest absolute Gasteiger partial charge is 0.354 e. The number of likely N-dealkylation sites (tertiary alicyclic amines) is 1. The highest BCUT2D eigenvalue weighted by atomic mass is 35.5. The molecule has 2 saturated heterocycles. The van der Waals surface area contributed by atoms with Gasteiger partial charge in [0.05, 0.1) is 20.7 Å². The lowest BCUT2D eigenvalue weighted by atomic mass is 9.97. The van der Waals surface area contributed by atoms with Gasteiger partial charge in [-0.3, -0.25) is 19.7 Å². The highest BCUT2D eigenvalue weighted by molar-refractivity contribution is 7.14. The van der Waals surface area contributed by atoms with Gasteiger partial charge >= 0.3 is 0 Å². The summed E-state index contributed by atoms with van der Waals surface area (Å²) in [5, 5.41) is 17.2. The van der Waals surface area contributed by atoms with Crippen LogP contribution in [0.5, 0.6) is 0 Å².